The highest BCUT2D eigenvalue weighted by atomic mass is 16.5. The van der Waals surface area contributed by atoms with E-state index in [0.29, 0.717) is 17.6 Å². The molecule has 0 aliphatic heterocycles. The van der Waals surface area contributed by atoms with Crippen molar-refractivity contribution >= 4 is 5.95 Å². The molecule has 0 aliphatic carbocycles. The Labute approximate surface area is 119 Å². The summed E-state index contributed by atoms with van der Waals surface area (Å²) in [6, 6.07) is 1.81. The summed E-state index contributed by atoms with van der Waals surface area (Å²) in [6.07, 6.45) is 5.64. The number of anilines is 1. The average molecular weight is 275 g/mol. The molecule has 0 aromatic carbocycles. The normalized spacial score (nSPS) is 10.6. The van der Waals surface area contributed by atoms with Crippen molar-refractivity contribution in [2.75, 3.05) is 11.9 Å². The molecule has 0 aliphatic rings. The Morgan fingerprint density at radius 1 is 1.25 bits per heavy atom. The van der Waals surface area contributed by atoms with Gasteiger partial charge in [0.2, 0.25) is 11.8 Å². The van der Waals surface area contributed by atoms with E-state index in [4.69, 9.17) is 4.74 Å². The molecule has 6 heteroatoms. The number of aryl methyl sites for hydroxylation is 2. The van der Waals surface area contributed by atoms with Gasteiger partial charge in [-0.05, 0) is 19.8 Å². The summed E-state index contributed by atoms with van der Waals surface area (Å²) in [4.78, 5) is 8.66. The number of hydrogen-bond donors (Lipinski definition) is 1. The molecule has 2 heterocycles. The van der Waals surface area contributed by atoms with Gasteiger partial charge in [-0.15, -0.1) is 0 Å². The fourth-order valence-corrected chi connectivity index (χ4v) is 1.78. The molecule has 0 spiro atoms. The zero-order valence-corrected chi connectivity index (χ0v) is 12.3. The van der Waals surface area contributed by atoms with Gasteiger partial charge in [-0.25, -0.2) is 4.98 Å². The number of nitrogens with zero attached hydrogens (tertiary/aromatic N) is 4. The minimum absolute atomic E-state index is 0.534. The van der Waals surface area contributed by atoms with Gasteiger partial charge in [0.15, 0.2) is 5.75 Å². The first-order valence-corrected chi connectivity index (χ1v) is 7.01. The van der Waals surface area contributed by atoms with Gasteiger partial charge in [-0.3, -0.25) is 4.68 Å². The predicted molar refractivity (Wildman–Crippen MR) is 78.1 cm³/mol. The molecule has 2 aromatic heterocycles. The molecule has 0 atom stereocenters. The van der Waals surface area contributed by atoms with Gasteiger partial charge in [0.25, 0.3) is 0 Å². The van der Waals surface area contributed by atoms with E-state index >= 15 is 0 Å². The summed E-state index contributed by atoms with van der Waals surface area (Å²) < 4.78 is 7.59. The van der Waals surface area contributed by atoms with Crippen molar-refractivity contribution in [1.82, 2.24) is 19.7 Å². The second kappa shape index (κ2) is 6.88. The Hall–Kier alpha value is -2.11. The lowest BCUT2D eigenvalue weighted by Crippen LogP contribution is -2.05. The number of rotatable bonds is 7. The maximum Gasteiger partial charge on any atom is 0.226 e. The smallest absolute Gasteiger partial charge is 0.226 e. The van der Waals surface area contributed by atoms with Gasteiger partial charge >= 0.3 is 0 Å². The Bertz CT molecular complexity index is 552. The van der Waals surface area contributed by atoms with Crippen LogP contribution in [0.2, 0.25) is 0 Å². The first-order valence-electron chi connectivity index (χ1n) is 7.01. The highest BCUT2D eigenvalue weighted by Gasteiger charge is 2.06. The van der Waals surface area contributed by atoms with E-state index < -0.39 is 0 Å². The van der Waals surface area contributed by atoms with Crippen molar-refractivity contribution in [3.8, 4) is 11.6 Å². The molecule has 1 N–H and O–H groups in total. The monoisotopic (exact) mass is 275 g/mol. The highest BCUT2D eigenvalue weighted by molar-refractivity contribution is 5.32. The van der Waals surface area contributed by atoms with Crippen LogP contribution in [0.3, 0.4) is 0 Å². The van der Waals surface area contributed by atoms with E-state index in [0.717, 1.165) is 31.6 Å². The van der Waals surface area contributed by atoms with Crippen molar-refractivity contribution < 1.29 is 4.74 Å². The fraction of sp³-hybridized carbons (Fsp3) is 0.500. The highest BCUT2D eigenvalue weighted by Crippen LogP contribution is 2.20. The minimum Gasteiger partial charge on any atom is -0.436 e. The van der Waals surface area contributed by atoms with E-state index in [1.165, 1.54) is 0 Å². The molecule has 0 saturated carbocycles. The Morgan fingerprint density at radius 3 is 2.85 bits per heavy atom. The quantitative estimate of drug-likeness (QED) is 0.841. The SMILES string of the molecule is CCCNc1nc(C)cc(Oc2cnn(CCC)c2)n1. The first-order chi connectivity index (χ1) is 9.71. The van der Waals surface area contributed by atoms with Crippen LogP contribution in [0.5, 0.6) is 11.6 Å². The minimum atomic E-state index is 0.534. The summed E-state index contributed by atoms with van der Waals surface area (Å²) in [7, 11) is 0. The molecule has 0 saturated heterocycles. The average Bonchev–Trinajstić information content (AvgIpc) is 2.83. The number of aromatic nitrogens is 4. The Morgan fingerprint density at radius 2 is 2.10 bits per heavy atom. The number of nitrogens with one attached hydrogen (secondary N) is 1. The molecule has 2 aromatic rings. The summed E-state index contributed by atoms with van der Waals surface area (Å²) in [5.74, 6) is 1.83. The molecule has 0 radical (unpaired) electrons. The van der Waals surface area contributed by atoms with Crippen LogP contribution in [0.4, 0.5) is 5.95 Å². The fourth-order valence-electron chi connectivity index (χ4n) is 1.78. The van der Waals surface area contributed by atoms with Gasteiger partial charge in [0, 0.05) is 24.8 Å². The van der Waals surface area contributed by atoms with Gasteiger partial charge in [0.05, 0.1) is 12.4 Å². The van der Waals surface area contributed by atoms with E-state index in [-0.39, 0.29) is 0 Å². The van der Waals surface area contributed by atoms with Gasteiger partial charge in [-0.2, -0.15) is 10.1 Å². The maximum atomic E-state index is 5.73. The molecule has 0 bridgehead atoms. The summed E-state index contributed by atoms with van der Waals surface area (Å²) in [6.45, 7) is 7.86. The van der Waals surface area contributed by atoms with E-state index in [1.807, 2.05) is 23.9 Å². The van der Waals surface area contributed by atoms with Crippen molar-refractivity contribution in [3.05, 3.63) is 24.2 Å². The van der Waals surface area contributed by atoms with Crippen molar-refractivity contribution in [2.45, 2.75) is 40.2 Å². The third-order valence-electron chi connectivity index (χ3n) is 2.65. The molecule has 0 unspecified atom stereocenters. The maximum absolute atomic E-state index is 5.73. The van der Waals surface area contributed by atoms with Crippen LogP contribution in [0.1, 0.15) is 32.4 Å². The van der Waals surface area contributed by atoms with Crippen LogP contribution in [-0.4, -0.2) is 26.3 Å². The van der Waals surface area contributed by atoms with Gasteiger partial charge in [-0.1, -0.05) is 13.8 Å². The van der Waals surface area contributed by atoms with Crippen LogP contribution in [0.15, 0.2) is 18.5 Å². The molecule has 2 rings (SSSR count). The summed E-state index contributed by atoms with van der Waals surface area (Å²) in [5, 5.41) is 7.39. The van der Waals surface area contributed by atoms with Crippen molar-refractivity contribution in [3.63, 3.8) is 0 Å². The molecular weight excluding hydrogens is 254 g/mol. The Kier molecular flexibility index (Phi) is 4.92. The van der Waals surface area contributed by atoms with Crippen molar-refractivity contribution in [2.24, 2.45) is 0 Å². The topological polar surface area (TPSA) is 64.9 Å². The third-order valence-corrected chi connectivity index (χ3v) is 2.65. The standard InChI is InChI=1S/C14H21N5O/c1-4-6-15-14-17-11(3)8-13(18-14)20-12-9-16-19(10-12)7-5-2/h8-10H,4-7H2,1-3H3,(H,15,17,18). The number of hydrogen-bond acceptors (Lipinski definition) is 5. The second-order valence-corrected chi connectivity index (χ2v) is 4.64. The lowest BCUT2D eigenvalue weighted by molar-refractivity contribution is 0.460. The molecule has 0 amide bonds. The zero-order valence-electron chi connectivity index (χ0n) is 12.3. The number of ether oxygens (including phenoxy) is 1. The lowest BCUT2D eigenvalue weighted by Gasteiger charge is -2.07. The summed E-state index contributed by atoms with van der Waals surface area (Å²) >= 11 is 0. The molecule has 108 valence electrons. The van der Waals surface area contributed by atoms with E-state index in [9.17, 15) is 0 Å². The molecule has 20 heavy (non-hydrogen) atoms. The van der Waals surface area contributed by atoms with E-state index in [1.54, 1.807) is 6.20 Å². The van der Waals surface area contributed by atoms with Crippen LogP contribution in [0, 0.1) is 6.92 Å². The van der Waals surface area contributed by atoms with Crippen LogP contribution < -0.4 is 10.1 Å². The van der Waals surface area contributed by atoms with Gasteiger partial charge < -0.3 is 10.1 Å². The first kappa shape index (κ1) is 14.3. The van der Waals surface area contributed by atoms with Crippen molar-refractivity contribution in [1.29, 1.82) is 0 Å². The zero-order chi connectivity index (χ0) is 14.4. The molecule has 0 fully saturated rings. The predicted octanol–water partition coefficient (Wildman–Crippen LogP) is 3.01. The second-order valence-electron chi connectivity index (χ2n) is 4.64. The Balaban J connectivity index is 2.09. The lowest BCUT2D eigenvalue weighted by atomic mass is 10.4. The van der Waals surface area contributed by atoms with Crippen LogP contribution in [-0.2, 0) is 6.54 Å². The molecule has 6 nitrogen and oxygen atoms in total. The third kappa shape index (κ3) is 3.94. The molecular formula is C14H21N5O. The summed E-state index contributed by atoms with van der Waals surface area (Å²) in [5.41, 5.74) is 0.870. The van der Waals surface area contributed by atoms with E-state index in [2.05, 4.69) is 34.2 Å². The van der Waals surface area contributed by atoms with Crippen LogP contribution >= 0.6 is 0 Å². The largest absolute Gasteiger partial charge is 0.436 e. The van der Waals surface area contributed by atoms with Crippen LogP contribution in [0.25, 0.3) is 0 Å². The van der Waals surface area contributed by atoms with Gasteiger partial charge in [0.1, 0.15) is 0 Å².